The molecule has 1 aromatic carbocycles. The lowest BCUT2D eigenvalue weighted by molar-refractivity contribution is -0.133. The number of fused-ring (bicyclic) bond motifs is 1. The zero-order valence-electron chi connectivity index (χ0n) is 23.1. The summed E-state index contributed by atoms with van der Waals surface area (Å²) < 4.78 is 12.9. The maximum Gasteiger partial charge on any atom is 0.407 e. The van der Waals surface area contributed by atoms with Crippen molar-refractivity contribution in [2.24, 2.45) is 18.9 Å². The molecule has 1 saturated carbocycles. The van der Waals surface area contributed by atoms with Gasteiger partial charge in [-0.3, -0.25) is 14.9 Å². The fourth-order valence-corrected chi connectivity index (χ4v) is 6.32. The van der Waals surface area contributed by atoms with E-state index in [1.165, 1.54) is 5.56 Å². The summed E-state index contributed by atoms with van der Waals surface area (Å²) in [6.07, 6.45) is 4.77. The van der Waals surface area contributed by atoms with E-state index in [4.69, 9.17) is 9.47 Å². The van der Waals surface area contributed by atoms with Crippen LogP contribution in [0.25, 0.3) is 11.3 Å². The largest absolute Gasteiger partial charge is 0.444 e. The first-order chi connectivity index (χ1) is 18.6. The lowest BCUT2D eigenvalue weighted by Gasteiger charge is -2.43. The number of nitrogens with one attached hydrogen (secondary N) is 3. The van der Waals surface area contributed by atoms with Crippen LogP contribution in [0.5, 0.6) is 0 Å². The molecule has 3 heterocycles. The molecule has 5 rings (SSSR count). The number of hydrogen-bond donors (Lipinski definition) is 3. The third-order valence-corrected chi connectivity index (χ3v) is 8.23. The Hall–Kier alpha value is -3.42. The summed E-state index contributed by atoms with van der Waals surface area (Å²) in [6, 6.07) is 8.32. The molecule has 3 fully saturated rings. The Morgan fingerprint density at radius 2 is 2.10 bits per heavy atom. The highest BCUT2D eigenvalue weighted by molar-refractivity contribution is 5.80. The van der Waals surface area contributed by atoms with E-state index in [9.17, 15) is 14.9 Å². The van der Waals surface area contributed by atoms with Gasteiger partial charge in [0.25, 0.3) is 0 Å². The Morgan fingerprint density at radius 3 is 2.82 bits per heavy atom. The van der Waals surface area contributed by atoms with Crippen molar-refractivity contribution in [2.75, 3.05) is 19.8 Å². The molecule has 3 N–H and O–H groups in total. The minimum atomic E-state index is -0.585. The summed E-state index contributed by atoms with van der Waals surface area (Å²) in [4.78, 5) is 25.0. The van der Waals surface area contributed by atoms with Gasteiger partial charge in [0, 0.05) is 49.2 Å². The van der Waals surface area contributed by atoms with Gasteiger partial charge in [0.1, 0.15) is 5.60 Å². The van der Waals surface area contributed by atoms with Gasteiger partial charge >= 0.3 is 6.09 Å². The van der Waals surface area contributed by atoms with Crippen molar-refractivity contribution in [3.63, 3.8) is 0 Å². The van der Waals surface area contributed by atoms with Gasteiger partial charge in [0.15, 0.2) is 0 Å². The van der Waals surface area contributed by atoms with Crippen molar-refractivity contribution < 1.29 is 19.1 Å². The predicted octanol–water partition coefficient (Wildman–Crippen LogP) is 3.49. The predicted molar refractivity (Wildman–Crippen MR) is 144 cm³/mol. The van der Waals surface area contributed by atoms with Gasteiger partial charge in [-0.15, -0.1) is 0 Å². The monoisotopic (exact) mass is 534 g/mol. The van der Waals surface area contributed by atoms with Crippen LogP contribution in [0.15, 0.2) is 24.4 Å². The second-order valence-corrected chi connectivity index (χ2v) is 12.0. The summed E-state index contributed by atoms with van der Waals surface area (Å²) in [5.74, 6) is 0.383. The molecule has 39 heavy (non-hydrogen) atoms. The Morgan fingerprint density at radius 1 is 1.28 bits per heavy atom. The Bertz CT molecular complexity index is 1270. The molecule has 0 spiro atoms. The number of carbonyl (C=O) groups is 2. The quantitative estimate of drug-likeness (QED) is 0.535. The van der Waals surface area contributed by atoms with Gasteiger partial charge < -0.3 is 14.8 Å². The number of rotatable bonds is 5. The van der Waals surface area contributed by atoms with E-state index in [1.54, 1.807) is 0 Å². The van der Waals surface area contributed by atoms with Crippen molar-refractivity contribution >= 4 is 12.0 Å². The highest BCUT2D eigenvalue weighted by atomic mass is 16.6. The molecular weight excluding hydrogens is 496 g/mol. The molecule has 1 aromatic heterocycles. The number of hydrogen-bond acceptors (Lipinski definition) is 7. The number of ether oxygens (including phenoxy) is 2. The van der Waals surface area contributed by atoms with E-state index in [1.807, 2.05) is 50.8 Å². The van der Waals surface area contributed by atoms with Crippen LogP contribution in [0.2, 0.25) is 0 Å². The fraction of sp³-hybridized carbons (Fsp3) is 0.586. The van der Waals surface area contributed by atoms with Gasteiger partial charge in [-0.25, -0.2) is 10.2 Å². The van der Waals surface area contributed by atoms with E-state index in [2.05, 4.69) is 33.4 Å². The molecule has 3 aliphatic rings. The minimum absolute atomic E-state index is 0.00312. The number of hydrazine groups is 1. The van der Waals surface area contributed by atoms with Gasteiger partial charge in [-0.05, 0) is 76.0 Å². The van der Waals surface area contributed by atoms with Gasteiger partial charge in [-0.1, -0.05) is 6.07 Å². The molecular formula is C29H38N6O4. The molecule has 10 heteroatoms. The summed E-state index contributed by atoms with van der Waals surface area (Å²) in [7, 11) is 1.92. The molecule has 2 saturated heterocycles. The van der Waals surface area contributed by atoms with Crippen LogP contribution in [0.4, 0.5) is 4.79 Å². The zero-order valence-corrected chi connectivity index (χ0v) is 23.1. The van der Waals surface area contributed by atoms with E-state index in [0.717, 1.165) is 49.1 Å². The highest BCUT2D eigenvalue weighted by Crippen LogP contribution is 2.45. The lowest BCUT2D eigenvalue weighted by Crippen LogP contribution is -2.62. The molecule has 208 valence electrons. The van der Waals surface area contributed by atoms with E-state index >= 15 is 0 Å². The summed E-state index contributed by atoms with van der Waals surface area (Å²) in [5.41, 5.74) is 10.1. The standard InChI is InChI=1S/C29H38N6O4/c1-29(2,3)39-28(37)31-15-25-23-12-18(7-8-21(23)27(36)34-33-25)24-14-32-35(4)26(24)22-11-17(5-6-19(22)13-30)20-9-10-38-16-20/h5-6,11,14,18,20-21,23,25,33H,7-10,12,15-16H2,1-4H3,(H,31,37)(H,34,36). The maximum atomic E-state index is 12.7. The van der Waals surface area contributed by atoms with Crippen LogP contribution < -0.4 is 16.2 Å². The molecule has 5 atom stereocenters. The number of nitriles is 1. The number of carbonyl (C=O) groups excluding carboxylic acids is 2. The lowest BCUT2D eigenvalue weighted by atomic mass is 9.68. The van der Waals surface area contributed by atoms with Gasteiger partial charge in [-0.2, -0.15) is 10.4 Å². The summed E-state index contributed by atoms with van der Waals surface area (Å²) in [6.45, 7) is 7.28. The second kappa shape index (κ2) is 11.0. The van der Waals surface area contributed by atoms with Crippen molar-refractivity contribution in [2.45, 2.75) is 69.9 Å². The van der Waals surface area contributed by atoms with Crippen LogP contribution in [0, 0.1) is 23.2 Å². The molecule has 1 aliphatic carbocycles. The number of nitrogens with zero attached hydrogens (tertiary/aromatic N) is 3. The summed E-state index contributed by atoms with van der Waals surface area (Å²) >= 11 is 0. The normalized spacial score (nSPS) is 26.8. The average molecular weight is 535 g/mol. The fourth-order valence-electron chi connectivity index (χ4n) is 6.32. The van der Waals surface area contributed by atoms with Crippen LogP contribution in [0.1, 0.15) is 75.0 Å². The molecule has 0 bridgehead atoms. The number of amides is 2. The third kappa shape index (κ3) is 5.80. The van der Waals surface area contributed by atoms with Crippen LogP contribution in [-0.4, -0.2) is 53.2 Å². The summed E-state index contributed by atoms with van der Waals surface area (Å²) in [5, 5.41) is 17.4. The first kappa shape index (κ1) is 27.2. The van der Waals surface area contributed by atoms with Crippen molar-refractivity contribution in [1.82, 2.24) is 25.9 Å². The van der Waals surface area contributed by atoms with E-state index < -0.39 is 11.7 Å². The van der Waals surface area contributed by atoms with Crippen molar-refractivity contribution in [3.8, 4) is 17.3 Å². The first-order valence-electron chi connectivity index (χ1n) is 13.8. The number of aromatic nitrogens is 2. The number of benzene rings is 1. The maximum absolute atomic E-state index is 12.7. The third-order valence-electron chi connectivity index (χ3n) is 8.23. The number of aryl methyl sites for hydroxylation is 1. The zero-order chi connectivity index (χ0) is 27.7. The highest BCUT2D eigenvalue weighted by Gasteiger charge is 2.44. The first-order valence-corrected chi connectivity index (χ1v) is 13.8. The molecule has 2 amide bonds. The van der Waals surface area contributed by atoms with Gasteiger partial charge in [0.05, 0.1) is 30.1 Å². The molecule has 2 aliphatic heterocycles. The topological polar surface area (TPSA) is 130 Å². The Labute approximate surface area is 229 Å². The molecule has 5 unspecified atom stereocenters. The molecule has 10 nitrogen and oxygen atoms in total. The average Bonchev–Trinajstić information content (AvgIpc) is 3.57. The second-order valence-electron chi connectivity index (χ2n) is 12.0. The SMILES string of the molecule is Cn1ncc(C2CCC3C(=O)NNC(CNC(=O)OC(C)(C)C)C3C2)c1-c1cc(C2CCOC2)ccc1C#N. The van der Waals surface area contributed by atoms with E-state index in [-0.39, 0.29) is 29.7 Å². The van der Waals surface area contributed by atoms with Crippen molar-refractivity contribution in [3.05, 3.63) is 41.1 Å². The van der Waals surface area contributed by atoms with E-state index in [0.29, 0.717) is 24.6 Å². The van der Waals surface area contributed by atoms with Crippen molar-refractivity contribution in [1.29, 1.82) is 5.26 Å². The number of alkyl carbamates (subject to hydrolysis) is 1. The van der Waals surface area contributed by atoms with Crippen LogP contribution >= 0.6 is 0 Å². The van der Waals surface area contributed by atoms with Crippen LogP contribution in [0.3, 0.4) is 0 Å². The Balaban J connectivity index is 1.40. The Kier molecular flexibility index (Phi) is 7.65. The minimum Gasteiger partial charge on any atom is -0.444 e. The van der Waals surface area contributed by atoms with Gasteiger partial charge in [0.2, 0.25) is 5.91 Å². The van der Waals surface area contributed by atoms with Crippen LogP contribution in [-0.2, 0) is 21.3 Å². The molecule has 0 radical (unpaired) electrons. The molecule has 2 aromatic rings. The smallest absolute Gasteiger partial charge is 0.407 e.